The van der Waals surface area contributed by atoms with E-state index in [0.717, 1.165) is 55.4 Å². The number of hydrogen-bond acceptors (Lipinski definition) is 4. The summed E-state index contributed by atoms with van der Waals surface area (Å²) >= 11 is 0. The molecule has 0 radical (unpaired) electrons. The SMILES string of the molecule is COc1ccc(-c2nc3cc(C)ccn3c2CN2CCCNCC2)cc1. The number of aromatic nitrogens is 2. The van der Waals surface area contributed by atoms with E-state index in [1.54, 1.807) is 7.11 Å². The van der Waals surface area contributed by atoms with Crippen LogP contribution in [-0.4, -0.2) is 47.6 Å². The number of fused-ring (bicyclic) bond motifs is 1. The standard InChI is InChI=1S/C21H26N4O/c1-16-8-12-25-19(15-24-11-3-9-22-10-13-24)21(23-20(25)14-16)17-4-6-18(26-2)7-5-17/h4-8,12,14,22H,3,9-11,13,15H2,1-2H3. The van der Waals surface area contributed by atoms with E-state index in [9.17, 15) is 0 Å². The van der Waals surface area contributed by atoms with Crippen LogP contribution in [0.1, 0.15) is 17.7 Å². The van der Waals surface area contributed by atoms with E-state index in [1.807, 2.05) is 12.1 Å². The van der Waals surface area contributed by atoms with E-state index in [1.165, 1.54) is 17.7 Å². The molecule has 136 valence electrons. The van der Waals surface area contributed by atoms with E-state index in [0.29, 0.717) is 0 Å². The first-order valence-electron chi connectivity index (χ1n) is 9.30. The molecule has 0 saturated carbocycles. The molecule has 4 rings (SSSR count). The van der Waals surface area contributed by atoms with Crippen LogP contribution in [0.3, 0.4) is 0 Å². The van der Waals surface area contributed by atoms with Crippen LogP contribution in [0.15, 0.2) is 42.6 Å². The van der Waals surface area contributed by atoms with Crippen molar-refractivity contribution < 1.29 is 4.74 Å². The van der Waals surface area contributed by atoms with Crippen molar-refractivity contribution in [3.05, 3.63) is 53.9 Å². The normalized spacial score (nSPS) is 15.9. The molecule has 0 amide bonds. The van der Waals surface area contributed by atoms with Crippen LogP contribution in [0.2, 0.25) is 0 Å². The monoisotopic (exact) mass is 350 g/mol. The molecule has 1 aliphatic rings. The predicted octanol–water partition coefficient (Wildman–Crippen LogP) is 3.11. The van der Waals surface area contributed by atoms with Gasteiger partial charge in [0.15, 0.2) is 0 Å². The van der Waals surface area contributed by atoms with Gasteiger partial charge >= 0.3 is 0 Å². The first kappa shape index (κ1) is 17.1. The number of hydrogen-bond donors (Lipinski definition) is 1. The molecule has 0 aliphatic carbocycles. The third-order valence-corrected chi connectivity index (χ3v) is 5.05. The Hall–Kier alpha value is -2.37. The lowest BCUT2D eigenvalue weighted by molar-refractivity contribution is 0.281. The summed E-state index contributed by atoms with van der Waals surface area (Å²) in [5, 5.41) is 3.48. The van der Waals surface area contributed by atoms with Crippen LogP contribution in [0, 0.1) is 6.92 Å². The molecule has 0 spiro atoms. The summed E-state index contributed by atoms with van der Waals surface area (Å²) in [6, 6.07) is 12.5. The van der Waals surface area contributed by atoms with Crippen LogP contribution in [-0.2, 0) is 6.54 Å². The van der Waals surface area contributed by atoms with Gasteiger partial charge in [0.25, 0.3) is 0 Å². The van der Waals surface area contributed by atoms with Gasteiger partial charge in [-0.05, 0) is 68.4 Å². The average molecular weight is 350 g/mol. The van der Waals surface area contributed by atoms with E-state index >= 15 is 0 Å². The third-order valence-electron chi connectivity index (χ3n) is 5.05. The second-order valence-electron chi connectivity index (χ2n) is 6.95. The lowest BCUT2D eigenvalue weighted by atomic mass is 10.1. The Kier molecular flexibility index (Phi) is 4.91. The van der Waals surface area contributed by atoms with Crippen molar-refractivity contribution in [2.24, 2.45) is 0 Å². The second-order valence-corrected chi connectivity index (χ2v) is 6.95. The number of imidazole rings is 1. The highest BCUT2D eigenvalue weighted by Crippen LogP contribution is 2.28. The van der Waals surface area contributed by atoms with Gasteiger partial charge in [0, 0.05) is 31.4 Å². The van der Waals surface area contributed by atoms with Crippen molar-refractivity contribution in [3.8, 4) is 17.0 Å². The highest BCUT2D eigenvalue weighted by atomic mass is 16.5. The molecular weight excluding hydrogens is 324 g/mol. The van der Waals surface area contributed by atoms with Crippen molar-refractivity contribution in [1.29, 1.82) is 0 Å². The minimum absolute atomic E-state index is 0.869. The second kappa shape index (κ2) is 7.48. The fourth-order valence-corrected chi connectivity index (χ4v) is 3.60. The van der Waals surface area contributed by atoms with Crippen molar-refractivity contribution in [3.63, 3.8) is 0 Å². The summed E-state index contributed by atoms with van der Waals surface area (Å²) in [4.78, 5) is 7.49. The first-order chi connectivity index (χ1) is 12.7. The van der Waals surface area contributed by atoms with Gasteiger partial charge in [-0.15, -0.1) is 0 Å². The smallest absolute Gasteiger partial charge is 0.137 e. The number of methoxy groups -OCH3 is 1. The van der Waals surface area contributed by atoms with Gasteiger partial charge in [0.1, 0.15) is 11.4 Å². The van der Waals surface area contributed by atoms with Gasteiger partial charge in [0.2, 0.25) is 0 Å². The molecule has 5 heteroatoms. The molecule has 1 saturated heterocycles. The molecule has 0 bridgehead atoms. The van der Waals surface area contributed by atoms with Gasteiger partial charge in [-0.2, -0.15) is 0 Å². The molecule has 1 N–H and O–H groups in total. The van der Waals surface area contributed by atoms with Crippen LogP contribution in [0.25, 0.3) is 16.9 Å². The minimum Gasteiger partial charge on any atom is -0.497 e. The fourth-order valence-electron chi connectivity index (χ4n) is 3.60. The fraction of sp³-hybridized carbons (Fsp3) is 0.381. The van der Waals surface area contributed by atoms with Crippen molar-refractivity contribution in [2.75, 3.05) is 33.3 Å². The zero-order valence-corrected chi connectivity index (χ0v) is 15.5. The van der Waals surface area contributed by atoms with E-state index in [-0.39, 0.29) is 0 Å². The Labute approximate surface area is 154 Å². The highest BCUT2D eigenvalue weighted by Gasteiger charge is 2.18. The number of benzene rings is 1. The number of nitrogens with one attached hydrogen (secondary N) is 1. The van der Waals surface area contributed by atoms with Crippen molar-refractivity contribution >= 4 is 5.65 Å². The van der Waals surface area contributed by atoms with Gasteiger partial charge in [-0.25, -0.2) is 4.98 Å². The van der Waals surface area contributed by atoms with Crippen molar-refractivity contribution in [2.45, 2.75) is 19.9 Å². The van der Waals surface area contributed by atoms with Gasteiger partial charge in [-0.1, -0.05) is 0 Å². The Bertz CT molecular complexity index is 877. The number of pyridine rings is 1. The van der Waals surface area contributed by atoms with Crippen LogP contribution in [0.4, 0.5) is 0 Å². The zero-order valence-electron chi connectivity index (χ0n) is 15.5. The number of aryl methyl sites for hydroxylation is 1. The Morgan fingerprint density at radius 3 is 2.77 bits per heavy atom. The summed E-state index contributed by atoms with van der Waals surface area (Å²) in [5.74, 6) is 0.869. The molecule has 26 heavy (non-hydrogen) atoms. The average Bonchev–Trinajstić information content (AvgIpc) is 2.82. The topological polar surface area (TPSA) is 41.8 Å². The zero-order chi connectivity index (χ0) is 17.9. The van der Waals surface area contributed by atoms with Crippen LogP contribution >= 0.6 is 0 Å². The Balaban J connectivity index is 1.76. The number of nitrogens with zero attached hydrogens (tertiary/aromatic N) is 3. The molecule has 3 heterocycles. The van der Waals surface area contributed by atoms with Crippen molar-refractivity contribution in [1.82, 2.24) is 19.6 Å². The lowest BCUT2D eigenvalue weighted by Gasteiger charge is -2.20. The maximum atomic E-state index is 5.30. The lowest BCUT2D eigenvalue weighted by Crippen LogP contribution is -2.28. The molecule has 1 fully saturated rings. The Morgan fingerprint density at radius 1 is 1.12 bits per heavy atom. The predicted molar refractivity (Wildman–Crippen MR) is 105 cm³/mol. The molecule has 2 aromatic heterocycles. The minimum atomic E-state index is 0.869. The first-order valence-corrected chi connectivity index (χ1v) is 9.30. The van der Waals surface area contributed by atoms with E-state index in [2.05, 4.69) is 52.0 Å². The molecule has 1 aliphatic heterocycles. The summed E-state index contributed by atoms with van der Waals surface area (Å²) in [7, 11) is 1.70. The molecule has 1 aromatic carbocycles. The van der Waals surface area contributed by atoms with Gasteiger partial charge < -0.3 is 14.5 Å². The largest absolute Gasteiger partial charge is 0.497 e. The summed E-state index contributed by atoms with van der Waals surface area (Å²) in [6.07, 6.45) is 3.34. The maximum Gasteiger partial charge on any atom is 0.137 e. The van der Waals surface area contributed by atoms with Gasteiger partial charge in [-0.3, -0.25) is 4.90 Å². The van der Waals surface area contributed by atoms with E-state index in [4.69, 9.17) is 9.72 Å². The number of rotatable bonds is 4. The van der Waals surface area contributed by atoms with Crippen LogP contribution < -0.4 is 10.1 Å². The molecule has 3 aromatic rings. The summed E-state index contributed by atoms with van der Waals surface area (Å²) in [6.45, 7) is 7.37. The maximum absolute atomic E-state index is 5.30. The quantitative estimate of drug-likeness (QED) is 0.785. The Morgan fingerprint density at radius 2 is 1.96 bits per heavy atom. The van der Waals surface area contributed by atoms with Gasteiger partial charge in [0.05, 0.1) is 18.5 Å². The molecule has 0 atom stereocenters. The molecular formula is C21H26N4O. The summed E-state index contributed by atoms with van der Waals surface area (Å²) < 4.78 is 7.55. The number of ether oxygens (including phenoxy) is 1. The molecule has 0 unspecified atom stereocenters. The molecule has 5 nitrogen and oxygen atoms in total. The van der Waals surface area contributed by atoms with Crippen LogP contribution in [0.5, 0.6) is 5.75 Å². The third kappa shape index (κ3) is 3.45. The van der Waals surface area contributed by atoms with E-state index < -0.39 is 0 Å². The highest BCUT2D eigenvalue weighted by molar-refractivity contribution is 5.67. The summed E-state index contributed by atoms with van der Waals surface area (Å²) in [5.41, 5.74) is 5.70.